The summed E-state index contributed by atoms with van der Waals surface area (Å²) < 4.78 is 13.2. The Balaban J connectivity index is 0.562. The van der Waals surface area contributed by atoms with E-state index in [4.69, 9.17) is 34.4 Å². The molecule has 0 aliphatic heterocycles. The van der Waals surface area contributed by atoms with E-state index >= 15 is 0 Å². The van der Waals surface area contributed by atoms with Crippen LogP contribution in [0.15, 0.2) is 310 Å². The highest BCUT2D eigenvalue weighted by Gasteiger charge is 2.42. The predicted molar refractivity (Wildman–Crippen MR) is 505 cm³/mol. The van der Waals surface area contributed by atoms with Crippen LogP contribution in [0, 0.1) is 0 Å². The lowest BCUT2D eigenvalue weighted by molar-refractivity contribution is 0.311. The maximum Gasteiger partial charge on any atom is 0.127 e. The summed E-state index contributed by atoms with van der Waals surface area (Å²) in [6.45, 7) is 41.7. The number of unbranched alkanes of at least 4 members (excludes halogenated alkanes) is 1. The Morgan fingerprint density at radius 1 is 0.231 bits per heavy atom. The molecule has 5 heterocycles. The van der Waals surface area contributed by atoms with E-state index in [1.54, 1.807) is 0 Å². The lowest BCUT2D eigenvalue weighted by Crippen LogP contribution is -2.31. The van der Waals surface area contributed by atoms with Crippen molar-refractivity contribution in [3.05, 3.63) is 404 Å². The van der Waals surface area contributed by atoms with Crippen molar-refractivity contribution < 1.29 is 9.47 Å². The van der Waals surface area contributed by atoms with Crippen molar-refractivity contribution in [2.45, 2.75) is 206 Å². The van der Waals surface area contributed by atoms with Gasteiger partial charge in [0.15, 0.2) is 0 Å². The van der Waals surface area contributed by atoms with Crippen molar-refractivity contribution in [3.63, 3.8) is 0 Å². The molecule has 15 aromatic rings. The SMILES string of the molecule is CC(C)(C)c1ccc(C(c2ccc(OCCCc3ccc(-c4cccc(-c5ccc(CCCCc6ccc7ccc8ccc(-c9ccc(Oc%10ccc(C(c%11ccc(C(C)(C)C)cc%11)(c%11ccc(C(C)(C)C)cc%11)c%11ccc(C(C)(C)C)cc%11)cc%10)cc9)nc8c7n6)cn5)n4)nc3)cc2)(c2ccc(C(C)(C)C)cc2)c2ccc(C(C)(C)C)cc2)cc1. The molecule has 5 aromatic heterocycles. The highest BCUT2D eigenvalue weighted by atomic mass is 16.5. The second kappa shape index (κ2) is 33.9. The second-order valence-corrected chi connectivity index (χ2v) is 39.5. The van der Waals surface area contributed by atoms with E-state index in [-0.39, 0.29) is 32.5 Å². The van der Waals surface area contributed by atoms with E-state index < -0.39 is 10.8 Å². The third-order valence-corrected chi connectivity index (χ3v) is 24.6. The molecular formula is C114H119N5O2. The number of benzene rings is 10. The predicted octanol–water partition coefficient (Wildman–Crippen LogP) is 28.9. The Labute approximate surface area is 720 Å². The van der Waals surface area contributed by atoms with Gasteiger partial charge in [-0.2, -0.15) is 0 Å². The van der Waals surface area contributed by atoms with Crippen LogP contribution < -0.4 is 9.47 Å². The first kappa shape index (κ1) is 84.1. The van der Waals surface area contributed by atoms with Crippen LogP contribution in [0.4, 0.5) is 0 Å². The minimum Gasteiger partial charge on any atom is -0.494 e. The van der Waals surface area contributed by atoms with Crippen LogP contribution in [-0.2, 0) is 62.6 Å². The molecule has 0 saturated carbocycles. The quantitative estimate of drug-likeness (QED) is 0.0358. The number of hydrogen-bond acceptors (Lipinski definition) is 7. The lowest BCUT2D eigenvalue weighted by atomic mass is 9.64. The number of pyridine rings is 5. The largest absolute Gasteiger partial charge is 0.494 e. The molecular weight excluding hydrogens is 1470 g/mol. The third-order valence-electron chi connectivity index (χ3n) is 24.6. The van der Waals surface area contributed by atoms with Crippen LogP contribution in [0.5, 0.6) is 17.2 Å². The molecule has 0 bridgehead atoms. The summed E-state index contributed by atoms with van der Waals surface area (Å²) in [7, 11) is 0. The zero-order valence-electron chi connectivity index (χ0n) is 74.4. The average molecular weight is 1590 g/mol. The fourth-order valence-electron chi connectivity index (χ4n) is 17.1. The highest BCUT2D eigenvalue weighted by molar-refractivity contribution is 6.03. The normalized spacial score (nSPS) is 12.6. The first-order chi connectivity index (χ1) is 57.7. The van der Waals surface area contributed by atoms with Gasteiger partial charge in [0.05, 0.1) is 56.9 Å². The van der Waals surface area contributed by atoms with Crippen molar-refractivity contribution in [3.8, 4) is 51.3 Å². The Bertz CT molecular complexity index is 5770. The number of rotatable bonds is 23. The molecule has 121 heavy (non-hydrogen) atoms. The van der Waals surface area contributed by atoms with E-state index in [2.05, 4.69) is 392 Å². The molecule has 0 radical (unpaired) electrons. The van der Waals surface area contributed by atoms with Crippen molar-refractivity contribution >= 4 is 21.8 Å². The number of fused-ring (bicyclic) bond motifs is 3. The zero-order chi connectivity index (χ0) is 85.3. The van der Waals surface area contributed by atoms with E-state index in [0.29, 0.717) is 6.61 Å². The van der Waals surface area contributed by atoms with E-state index in [1.165, 1.54) is 77.9 Å². The highest BCUT2D eigenvalue weighted by Crippen LogP contribution is 2.50. The molecule has 10 aromatic carbocycles. The van der Waals surface area contributed by atoms with Crippen molar-refractivity contribution in [1.82, 2.24) is 24.9 Å². The van der Waals surface area contributed by atoms with Gasteiger partial charge >= 0.3 is 0 Å². The standard InChI is InChI=1S/C114H119N5O2/c1-107(2,3)82-36-48-88(49-37-82)113(89-50-38-83(39-51-89)108(4,5)6,90-52-40-84(41-53-90)109(7,8)9)94-60-67-97(68-61-94)120-74-22-24-78-29-72-102(116-76-78)104-27-21-26-103(118-104)101-71-28-77(75-115-101)23-19-20-25-96-64-32-80-30-31-81-35-73-100(119-106(81)105(80)117-96)79-33-65-98(66-34-79)121-99-69-62-95(63-70-99)114(91-54-42-85(43-55-91)110(10,11)12,92-56-44-86(45-57-92)111(13,14)15)93-58-46-87(47-59-93)112(16,17)18/h21,26-73,75-76H,19-20,22-25,74H2,1-18H3. The van der Waals surface area contributed by atoms with E-state index in [9.17, 15) is 0 Å². The van der Waals surface area contributed by atoms with Crippen LogP contribution in [0.1, 0.15) is 239 Å². The minimum atomic E-state index is -0.625. The lowest BCUT2D eigenvalue weighted by Gasteiger charge is -2.38. The van der Waals surface area contributed by atoms with Gasteiger partial charge in [-0.05, 0) is 245 Å². The van der Waals surface area contributed by atoms with Crippen LogP contribution >= 0.6 is 0 Å². The Morgan fingerprint density at radius 2 is 0.521 bits per heavy atom. The van der Waals surface area contributed by atoms with E-state index in [1.807, 2.05) is 42.7 Å². The summed E-state index contributed by atoms with van der Waals surface area (Å²) in [5.74, 6) is 2.37. The topological polar surface area (TPSA) is 82.9 Å². The Morgan fingerprint density at radius 3 is 0.868 bits per heavy atom. The molecule has 0 aliphatic rings. The van der Waals surface area contributed by atoms with Gasteiger partial charge in [0.25, 0.3) is 0 Å². The number of aromatic nitrogens is 5. The zero-order valence-corrected chi connectivity index (χ0v) is 74.4. The monoisotopic (exact) mass is 1590 g/mol. The summed E-state index contributed by atoms with van der Waals surface area (Å²) in [6.07, 6.45) is 9.43. The molecule has 0 N–H and O–H groups in total. The van der Waals surface area contributed by atoms with Crippen molar-refractivity contribution in [1.29, 1.82) is 0 Å². The molecule has 15 rings (SSSR count). The van der Waals surface area contributed by atoms with Gasteiger partial charge in [0.2, 0.25) is 0 Å². The van der Waals surface area contributed by atoms with Gasteiger partial charge in [-0.25, -0.2) is 9.97 Å². The number of ether oxygens (including phenoxy) is 2. The Hall–Kier alpha value is -11.9. The molecule has 0 fully saturated rings. The first-order valence-corrected chi connectivity index (χ1v) is 43.5. The van der Waals surface area contributed by atoms with Crippen LogP contribution in [0.2, 0.25) is 0 Å². The molecule has 0 aliphatic carbocycles. The number of hydrogen-bond donors (Lipinski definition) is 0. The summed E-state index contributed by atoms with van der Waals surface area (Å²) >= 11 is 0. The molecule has 0 spiro atoms. The van der Waals surface area contributed by atoms with E-state index in [0.717, 1.165) is 128 Å². The maximum atomic E-state index is 6.67. The van der Waals surface area contributed by atoms with Crippen molar-refractivity contribution in [2.75, 3.05) is 6.61 Å². The third kappa shape index (κ3) is 18.4. The summed E-state index contributed by atoms with van der Waals surface area (Å²) in [4.78, 5) is 25.5. The fourth-order valence-corrected chi connectivity index (χ4v) is 17.1. The molecule has 0 amide bonds. The van der Waals surface area contributed by atoms with Gasteiger partial charge < -0.3 is 9.47 Å². The second-order valence-electron chi connectivity index (χ2n) is 39.5. The molecule has 0 saturated heterocycles. The molecule has 0 atom stereocenters. The van der Waals surface area contributed by atoms with Gasteiger partial charge in [0.1, 0.15) is 17.2 Å². The summed E-state index contributed by atoms with van der Waals surface area (Å²) in [5, 5.41) is 2.13. The fraction of sp³-hybridized carbons (Fsp3) is 0.289. The van der Waals surface area contributed by atoms with Crippen LogP contribution in [0.3, 0.4) is 0 Å². The van der Waals surface area contributed by atoms with Gasteiger partial charge in [-0.15, -0.1) is 0 Å². The van der Waals surface area contributed by atoms with Gasteiger partial charge in [-0.3, -0.25) is 15.0 Å². The Kier molecular flexibility index (Phi) is 23.6. The molecule has 7 nitrogen and oxygen atoms in total. The van der Waals surface area contributed by atoms with Gasteiger partial charge in [0, 0.05) is 34.4 Å². The average Bonchev–Trinajstić information content (AvgIpc) is 0.731. The minimum absolute atomic E-state index is 0.0130. The molecule has 612 valence electrons. The van der Waals surface area contributed by atoms with Crippen LogP contribution in [-0.4, -0.2) is 31.5 Å². The maximum absolute atomic E-state index is 6.67. The van der Waals surface area contributed by atoms with Crippen molar-refractivity contribution in [2.24, 2.45) is 0 Å². The first-order valence-electron chi connectivity index (χ1n) is 43.5. The number of aryl methyl sites for hydroxylation is 3. The summed E-state index contributed by atoms with van der Waals surface area (Å²) in [5.41, 5.74) is 26.8. The molecule has 7 heteroatoms. The smallest absolute Gasteiger partial charge is 0.127 e. The molecule has 0 unspecified atom stereocenters. The van der Waals surface area contributed by atoms with Crippen LogP contribution in [0.25, 0.3) is 55.8 Å². The number of nitrogens with zero attached hydrogens (tertiary/aromatic N) is 5. The summed E-state index contributed by atoms with van der Waals surface area (Å²) in [6, 6.07) is 109. The van der Waals surface area contributed by atoms with Gasteiger partial charge in [-0.1, -0.05) is 337 Å².